The molecule has 0 spiro atoms. The van der Waals surface area contributed by atoms with Crippen molar-refractivity contribution in [3.8, 4) is 0 Å². The normalized spacial score (nSPS) is 24.4. The number of rotatable bonds is 2. The predicted octanol–water partition coefficient (Wildman–Crippen LogP) is 1.77. The molecule has 5 heteroatoms. The van der Waals surface area contributed by atoms with Crippen LogP contribution in [0.3, 0.4) is 0 Å². The van der Waals surface area contributed by atoms with Gasteiger partial charge in [-0.05, 0) is 25.0 Å². The average molecular weight is 255 g/mol. The largest absolute Gasteiger partial charge is 0.391 e. The van der Waals surface area contributed by atoms with Gasteiger partial charge in [-0.1, -0.05) is 24.4 Å². The molecular formula is C12H15ClN2O2. The van der Waals surface area contributed by atoms with Gasteiger partial charge in [0.15, 0.2) is 0 Å². The molecule has 1 aromatic rings. The Morgan fingerprint density at radius 2 is 2.24 bits per heavy atom. The Balaban J connectivity index is 2.01. The summed E-state index contributed by atoms with van der Waals surface area (Å²) in [7, 11) is 0. The number of hydrogen-bond acceptors (Lipinski definition) is 3. The van der Waals surface area contributed by atoms with Crippen LogP contribution in [0.4, 0.5) is 0 Å². The number of hydrogen-bond donors (Lipinski definition) is 2. The van der Waals surface area contributed by atoms with Crippen molar-refractivity contribution in [3.63, 3.8) is 0 Å². The molecule has 1 aliphatic rings. The van der Waals surface area contributed by atoms with E-state index in [4.69, 9.17) is 11.6 Å². The highest BCUT2D eigenvalue weighted by atomic mass is 35.5. The van der Waals surface area contributed by atoms with Crippen LogP contribution < -0.4 is 5.32 Å². The summed E-state index contributed by atoms with van der Waals surface area (Å²) in [6.45, 7) is 0. The maximum Gasteiger partial charge on any atom is 0.270 e. The molecular weight excluding hydrogens is 240 g/mol. The van der Waals surface area contributed by atoms with Gasteiger partial charge in [-0.25, -0.2) is 0 Å². The van der Waals surface area contributed by atoms with Gasteiger partial charge in [0.25, 0.3) is 5.91 Å². The lowest BCUT2D eigenvalue weighted by molar-refractivity contribution is 0.0714. The summed E-state index contributed by atoms with van der Waals surface area (Å²) >= 11 is 5.79. The molecule has 2 rings (SSSR count). The van der Waals surface area contributed by atoms with Crippen LogP contribution >= 0.6 is 11.6 Å². The van der Waals surface area contributed by atoms with Crippen molar-refractivity contribution in [2.24, 2.45) is 0 Å². The summed E-state index contributed by atoms with van der Waals surface area (Å²) < 4.78 is 0. The van der Waals surface area contributed by atoms with E-state index in [2.05, 4.69) is 10.3 Å². The van der Waals surface area contributed by atoms with Crippen LogP contribution in [0.25, 0.3) is 0 Å². The molecule has 2 atom stereocenters. The van der Waals surface area contributed by atoms with Crippen LogP contribution in [-0.4, -0.2) is 28.1 Å². The van der Waals surface area contributed by atoms with Crippen molar-refractivity contribution in [3.05, 3.63) is 29.0 Å². The molecule has 1 fully saturated rings. The zero-order valence-electron chi connectivity index (χ0n) is 9.40. The van der Waals surface area contributed by atoms with Crippen molar-refractivity contribution in [1.29, 1.82) is 0 Å². The minimum absolute atomic E-state index is 0.169. The molecule has 0 aliphatic heterocycles. The molecule has 1 heterocycles. The number of halogens is 1. The van der Waals surface area contributed by atoms with E-state index >= 15 is 0 Å². The average Bonchev–Trinajstić information content (AvgIpc) is 2.32. The van der Waals surface area contributed by atoms with Crippen LogP contribution in [0.5, 0.6) is 0 Å². The van der Waals surface area contributed by atoms with Gasteiger partial charge in [-0.15, -0.1) is 0 Å². The molecule has 0 aromatic carbocycles. The maximum atomic E-state index is 11.9. The van der Waals surface area contributed by atoms with Gasteiger partial charge >= 0.3 is 0 Å². The lowest BCUT2D eigenvalue weighted by atomic mass is 9.92. The van der Waals surface area contributed by atoms with E-state index < -0.39 is 6.10 Å². The predicted molar refractivity (Wildman–Crippen MR) is 65.0 cm³/mol. The number of carbonyl (C=O) groups is 1. The van der Waals surface area contributed by atoms with E-state index in [0.717, 1.165) is 25.7 Å². The molecule has 1 saturated carbocycles. The van der Waals surface area contributed by atoms with Crippen LogP contribution in [0.15, 0.2) is 18.3 Å². The van der Waals surface area contributed by atoms with E-state index in [1.807, 2.05) is 0 Å². The van der Waals surface area contributed by atoms with E-state index in [-0.39, 0.29) is 17.6 Å². The van der Waals surface area contributed by atoms with Gasteiger partial charge in [-0.3, -0.25) is 9.78 Å². The van der Waals surface area contributed by atoms with Gasteiger partial charge in [-0.2, -0.15) is 0 Å². The first-order valence-electron chi connectivity index (χ1n) is 5.77. The Bertz CT molecular complexity index is 411. The Morgan fingerprint density at radius 3 is 2.94 bits per heavy atom. The molecule has 17 heavy (non-hydrogen) atoms. The van der Waals surface area contributed by atoms with Gasteiger partial charge in [0, 0.05) is 11.2 Å². The number of pyridine rings is 1. The lowest BCUT2D eigenvalue weighted by Gasteiger charge is -2.28. The van der Waals surface area contributed by atoms with Crippen LogP contribution in [0.1, 0.15) is 36.2 Å². The second kappa shape index (κ2) is 5.47. The number of carbonyl (C=O) groups excluding carboxylic acids is 1. The summed E-state index contributed by atoms with van der Waals surface area (Å²) in [5, 5.41) is 13.0. The molecule has 0 bridgehead atoms. The maximum absolute atomic E-state index is 11.9. The smallest absolute Gasteiger partial charge is 0.270 e. The SMILES string of the molecule is O=C(NC1CCCCC1O)c1cc(Cl)ccn1. The van der Waals surface area contributed by atoms with E-state index in [0.29, 0.717) is 5.02 Å². The Kier molecular flexibility index (Phi) is 3.97. The minimum Gasteiger partial charge on any atom is -0.391 e. The first-order chi connectivity index (χ1) is 8.16. The zero-order chi connectivity index (χ0) is 12.3. The van der Waals surface area contributed by atoms with Gasteiger partial charge in [0.05, 0.1) is 12.1 Å². The molecule has 1 aromatic heterocycles. The second-order valence-electron chi connectivity index (χ2n) is 4.29. The summed E-state index contributed by atoms with van der Waals surface area (Å²) in [5.41, 5.74) is 0.287. The molecule has 2 unspecified atom stereocenters. The third kappa shape index (κ3) is 3.17. The molecule has 1 amide bonds. The summed E-state index contributed by atoms with van der Waals surface area (Å²) in [6.07, 6.45) is 4.65. The first kappa shape index (κ1) is 12.3. The van der Waals surface area contributed by atoms with Crippen LogP contribution in [-0.2, 0) is 0 Å². The van der Waals surface area contributed by atoms with Gasteiger partial charge in [0.2, 0.25) is 0 Å². The fourth-order valence-electron chi connectivity index (χ4n) is 2.05. The number of nitrogens with one attached hydrogen (secondary N) is 1. The summed E-state index contributed by atoms with van der Waals surface area (Å²) in [5.74, 6) is -0.279. The molecule has 1 aliphatic carbocycles. The Labute approximate surface area is 105 Å². The third-order valence-corrected chi connectivity index (χ3v) is 3.24. The van der Waals surface area contributed by atoms with E-state index in [1.165, 1.54) is 12.3 Å². The molecule has 4 nitrogen and oxygen atoms in total. The van der Waals surface area contributed by atoms with Gasteiger partial charge in [0.1, 0.15) is 5.69 Å². The van der Waals surface area contributed by atoms with Gasteiger partial charge < -0.3 is 10.4 Å². The number of aliphatic hydroxyl groups excluding tert-OH is 1. The molecule has 2 N–H and O–H groups in total. The lowest BCUT2D eigenvalue weighted by Crippen LogP contribution is -2.45. The van der Waals surface area contributed by atoms with Crippen molar-refractivity contribution in [1.82, 2.24) is 10.3 Å². The minimum atomic E-state index is -0.452. The Hall–Kier alpha value is -1.13. The number of aromatic nitrogens is 1. The highest BCUT2D eigenvalue weighted by molar-refractivity contribution is 6.30. The second-order valence-corrected chi connectivity index (χ2v) is 4.73. The quantitative estimate of drug-likeness (QED) is 0.846. The van der Waals surface area contributed by atoms with E-state index in [1.54, 1.807) is 6.07 Å². The van der Waals surface area contributed by atoms with Crippen molar-refractivity contribution in [2.75, 3.05) is 0 Å². The first-order valence-corrected chi connectivity index (χ1v) is 6.15. The number of aliphatic hydroxyl groups is 1. The Morgan fingerprint density at radius 1 is 1.47 bits per heavy atom. The molecule has 92 valence electrons. The van der Waals surface area contributed by atoms with Crippen LogP contribution in [0.2, 0.25) is 5.02 Å². The van der Waals surface area contributed by atoms with Crippen molar-refractivity contribution in [2.45, 2.75) is 37.8 Å². The van der Waals surface area contributed by atoms with Crippen LogP contribution in [0, 0.1) is 0 Å². The number of amides is 1. The topological polar surface area (TPSA) is 62.2 Å². The zero-order valence-corrected chi connectivity index (χ0v) is 10.2. The monoisotopic (exact) mass is 254 g/mol. The summed E-state index contributed by atoms with van der Waals surface area (Å²) in [4.78, 5) is 15.8. The molecule has 0 saturated heterocycles. The highest BCUT2D eigenvalue weighted by Crippen LogP contribution is 2.18. The summed E-state index contributed by atoms with van der Waals surface area (Å²) in [6, 6.07) is 2.97. The standard InChI is InChI=1S/C12H15ClN2O2/c13-8-5-6-14-10(7-8)12(17)15-9-3-1-2-4-11(9)16/h5-7,9,11,16H,1-4H2,(H,15,17). The third-order valence-electron chi connectivity index (χ3n) is 3.00. The fraction of sp³-hybridized carbons (Fsp3) is 0.500. The van der Waals surface area contributed by atoms with Crippen molar-refractivity contribution < 1.29 is 9.90 Å². The van der Waals surface area contributed by atoms with E-state index in [9.17, 15) is 9.90 Å². The molecule has 0 radical (unpaired) electrons. The van der Waals surface area contributed by atoms with Crippen molar-refractivity contribution >= 4 is 17.5 Å². The highest BCUT2D eigenvalue weighted by Gasteiger charge is 2.25. The fourth-order valence-corrected chi connectivity index (χ4v) is 2.21. The number of nitrogens with zero attached hydrogens (tertiary/aromatic N) is 1.